The Hall–Kier alpha value is -1.10. The first-order valence-electron chi connectivity index (χ1n) is 4.85. The second-order valence-corrected chi connectivity index (χ2v) is 3.77. The number of hydrogen-bond donors (Lipinski definition) is 3. The highest BCUT2D eigenvalue weighted by Gasteiger charge is 2.30. The summed E-state index contributed by atoms with van der Waals surface area (Å²) < 4.78 is 0. The zero-order valence-electron chi connectivity index (χ0n) is 8.54. The van der Waals surface area contributed by atoms with E-state index in [1.54, 1.807) is 6.92 Å². The Morgan fingerprint density at radius 2 is 2.21 bits per heavy atom. The molecule has 0 aromatic heterocycles. The standard InChI is InChI=1S/C9H17N3O2/c1-5-7(3-4-11-5)9(14)12-6(2)8(10)13/h5-7,11H,3-4H2,1-2H3,(H2,10,13)(H,12,14). The number of carbonyl (C=O) groups excluding carboxylic acids is 2. The second-order valence-electron chi connectivity index (χ2n) is 3.77. The molecule has 1 rings (SSSR count). The van der Waals surface area contributed by atoms with Crippen LogP contribution in [0.25, 0.3) is 0 Å². The van der Waals surface area contributed by atoms with E-state index >= 15 is 0 Å². The number of amides is 2. The van der Waals surface area contributed by atoms with Crippen molar-refractivity contribution < 1.29 is 9.59 Å². The van der Waals surface area contributed by atoms with Crippen LogP contribution in [0, 0.1) is 5.92 Å². The van der Waals surface area contributed by atoms with Crippen LogP contribution >= 0.6 is 0 Å². The van der Waals surface area contributed by atoms with Crippen molar-refractivity contribution in [1.29, 1.82) is 0 Å². The van der Waals surface area contributed by atoms with Crippen LogP contribution in [0.5, 0.6) is 0 Å². The minimum atomic E-state index is -0.588. The van der Waals surface area contributed by atoms with Gasteiger partial charge in [0.05, 0.1) is 5.92 Å². The Morgan fingerprint density at radius 1 is 1.57 bits per heavy atom. The van der Waals surface area contributed by atoms with Gasteiger partial charge in [0.1, 0.15) is 6.04 Å². The van der Waals surface area contributed by atoms with Gasteiger partial charge in [0.15, 0.2) is 0 Å². The van der Waals surface area contributed by atoms with Crippen LogP contribution in [0.15, 0.2) is 0 Å². The molecule has 0 aromatic rings. The summed E-state index contributed by atoms with van der Waals surface area (Å²) in [5.74, 6) is -0.637. The molecule has 5 nitrogen and oxygen atoms in total. The van der Waals surface area contributed by atoms with Crippen molar-refractivity contribution in [1.82, 2.24) is 10.6 Å². The first kappa shape index (κ1) is 11.0. The molecule has 0 spiro atoms. The third-order valence-electron chi connectivity index (χ3n) is 2.65. The molecule has 1 aliphatic rings. The lowest BCUT2D eigenvalue weighted by Crippen LogP contribution is -2.46. The summed E-state index contributed by atoms with van der Waals surface area (Å²) in [6.45, 7) is 4.41. The van der Waals surface area contributed by atoms with E-state index in [0.717, 1.165) is 13.0 Å². The van der Waals surface area contributed by atoms with Crippen molar-refractivity contribution >= 4 is 11.8 Å². The summed E-state index contributed by atoms with van der Waals surface area (Å²) in [6, 6.07) is -0.412. The highest BCUT2D eigenvalue weighted by molar-refractivity contribution is 5.87. The van der Waals surface area contributed by atoms with Gasteiger partial charge in [-0.1, -0.05) is 0 Å². The summed E-state index contributed by atoms with van der Waals surface area (Å²) >= 11 is 0. The minimum Gasteiger partial charge on any atom is -0.368 e. The summed E-state index contributed by atoms with van der Waals surface area (Å²) in [5.41, 5.74) is 5.05. The molecule has 2 amide bonds. The van der Waals surface area contributed by atoms with Gasteiger partial charge in [0, 0.05) is 6.04 Å². The van der Waals surface area contributed by atoms with Gasteiger partial charge in [0.25, 0.3) is 0 Å². The Labute approximate surface area is 83.4 Å². The Kier molecular flexibility index (Phi) is 3.46. The van der Waals surface area contributed by atoms with Crippen LogP contribution in [0.3, 0.4) is 0 Å². The monoisotopic (exact) mass is 199 g/mol. The van der Waals surface area contributed by atoms with Crippen molar-refractivity contribution in [3.05, 3.63) is 0 Å². The van der Waals surface area contributed by atoms with Gasteiger partial charge in [-0.15, -0.1) is 0 Å². The van der Waals surface area contributed by atoms with Crippen molar-refractivity contribution in [3.8, 4) is 0 Å². The lowest BCUT2D eigenvalue weighted by Gasteiger charge is -2.17. The van der Waals surface area contributed by atoms with E-state index in [9.17, 15) is 9.59 Å². The fraction of sp³-hybridized carbons (Fsp3) is 0.778. The van der Waals surface area contributed by atoms with Gasteiger partial charge < -0.3 is 16.4 Å². The molecule has 1 heterocycles. The van der Waals surface area contributed by atoms with E-state index in [4.69, 9.17) is 5.73 Å². The Balaban J connectivity index is 2.45. The van der Waals surface area contributed by atoms with Crippen LogP contribution in [0.2, 0.25) is 0 Å². The lowest BCUT2D eigenvalue weighted by molar-refractivity contribution is -0.129. The van der Waals surface area contributed by atoms with E-state index in [-0.39, 0.29) is 17.9 Å². The fourth-order valence-electron chi connectivity index (χ4n) is 1.61. The van der Waals surface area contributed by atoms with Crippen LogP contribution in [0.1, 0.15) is 20.3 Å². The maximum absolute atomic E-state index is 11.6. The average molecular weight is 199 g/mol. The van der Waals surface area contributed by atoms with Gasteiger partial charge in [-0.3, -0.25) is 9.59 Å². The molecule has 0 aromatic carbocycles. The van der Waals surface area contributed by atoms with Crippen LogP contribution in [-0.2, 0) is 9.59 Å². The van der Waals surface area contributed by atoms with E-state index in [2.05, 4.69) is 10.6 Å². The van der Waals surface area contributed by atoms with Gasteiger partial charge in [0.2, 0.25) is 11.8 Å². The summed E-state index contributed by atoms with van der Waals surface area (Å²) in [5, 5.41) is 5.77. The summed E-state index contributed by atoms with van der Waals surface area (Å²) in [6.07, 6.45) is 0.818. The lowest BCUT2D eigenvalue weighted by atomic mass is 10.0. The van der Waals surface area contributed by atoms with E-state index in [0.29, 0.717) is 0 Å². The molecule has 4 N–H and O–H groups in total. The van der Waals surface area contributed by atoms with Crippen LogP contribution in [-0.4, -0.2) is 30.4 Å². The first-order valence-corrected chi connectivity index (χ1v) is 4.85. The fourth-order valence-corrected chi connectivity index (χ4v) is 1.61. The summed E-state index contributed by atoms with van der Waals surface area (Å²) in [4.78, 5) is 22.3. The molecule has 80 valence electrons. The maximum atomic E-state index is 11.6. The zero-order valence-corrected chi connectivity index (χ0v) is 8.54. The number of nitrogens with two attached hydrogens (primary N) is 1. The molecule has 1 fully saturated rings. The molecule has 0 bridgehead atoms. The molecule has 3 atom stereocenters. The molecule has 0 radical (unpaired) electrons. The molecule has 14 heavy (non-hydrogen) atoms. The normalized spacial score (nSPS) is 28.4. The average Bonchev–Trinajstić information content (AvgIpc) is 2.51. The predicted molar refractivity (Wildman–Crippen MR) is 52.4 cm³/mol. The highest BCUT2D eigenvalue weighted by atomic mass is 16.2. The number of carbonyl (C=O) groups is 2. The van der Waals surface area contributed by atoms with E-state index in [1.165, 1.54) is 0 Å². The molecule has 5 heteroatoms. The third-order valence-corrected chi connectivity index (χ3v) is 2.65. The smallest absolute Gasteiger partial charge is 0.239 e. The molecule has 3 unspecified atom stereocenters. The van der Waals surface area contributed by atoms with E-state index < -0.39 is 11.9 Å². The minimum absolute atomic E-state index is 0.0446. The topological polar surface area (TPSA) is 84.2 Å². The van der Waals surface area contributed by atoms with Gasteiger partial charge in [-0.05, 0) is 26.8 Å². The van der Waals surface area contributed by atoms with Crippen molar-refractivity contribution in [2.45, 2.75) is 32.4 Å². The highest BCUT2D eigenvalue weighted by Crippen LogP contribution is 2.14. The SMILES string of the molecule is CC(NC(=O)C1CCNC1C)C(N)=O. The molecular weight excluding hydrogens is 182 g/mol. The Morgan fingerprint density at radius 3 is 2.64 bits per heavy atom. The summed E-state index contributed by atoms with van der Waals surface area (Å²) in [7, 11) is 0. The second kappa shape index (κ2) is 4.41. The quantitative estimate of drug-likeness (QED) is 0.543. The molecule has 0 saturated carbocycles. The molecular formula is C9H17N3O2. The first-order chi connectivity index (χ1) is 6.52. The van der Waals surface area contributed by atoms with Crippen LogP contribution in [0.4, 0.5) is 0 Å². The third kappa shape index (κ3) is 2.45. The largest absolute Gasteiger partial charge is 0.368 e. The van der Waals surface area contributed by atoms with Crippen molar-refractivity contribution in [3.63, 3.8) is 0 Å². The van der Waals surface area contributed by atoms with Crippen LogP contribution < -0.4 is 16.4 Å². The van der Waals surface area contributed by atoms with E-state index in [1.807, 2.05) is 6.92 Å². The molecule has 1 saturated heterocycles. The predicted octanol–water partition coefficient (Wildman–Crippen LogP) is -1.03. The van der Waals surface area contributed by atoms with Crippen molar-refractivity contribution in [2.75, 3.05) is 6.54 Å². The number of primary amides is 1. The Bertz CT molecular complexity index is 242. The van der Waals surface area contributed by atoms with Crippen molar-refractivity contribution in [2.24, 2.45) is 11.7 Å². The molecule has 1 aliphatic heterocycles. The van der Waals surface area contributed by atoms with Gasteiger partial charge in [-0.25, -0.2) is 0 Å². The maximum Gasteiger partial charge on any atom is 0.239 e. The number of rotatable bonds is 3. The van der Waals surface area contributed by atoms with Gasteiger partial charge >= 0.3 is 0 Å². The number of nitrogens with one attached hydrogen (secondary N) is 2. The van der Waals surface area contributed by atoms with Gasteiger partial charge in [-0.2, -0.15) is 0 Å². The number of hydrogen-bond acceptors (Lipinski definition) is 3. The molecule has 0 aliphatic carbocycles. The zero-order chi connectivity index (χ0) is 10.7.